The summed E-state index contributed by atoms with van der Waals surface area (Å²) in [6.45, 7) is 10.9. The van der Waals surface area contributed by atoms with Crippen molar-refractivity contribution in [2.75, 3.05) is 29.9 Å². The zero-order valence-electron chi connectivity index (χ0n) is 21.9. The summed E-state index contributed by atoms with van der Waals surface area (Å²) in [5.41, 5.74) is 1.17. The molecule has 3 rings (SSSR count). The molecule has 2 aromatic carbocycles. The molecular weight excluding hydrogens is 482 g/mol. The summed E-state index contributed by atoms with van der Waals surface area (Å²) in [6, 6.07) is 12.7. The van der Waals surface area contributed by atoms with E-state index in [0.717, 1.165) is 16.3 Å². The summed E-state index contributed by atoms with van der Waals surface area (Å²) >= 11 is 6.34. The van der Waals surface area contributed by atoms with Gasteiger partial charge in [-0.2, -0.15) is 0 Å². The Balaban J connectivity index is 1.91. The first-order valence-corrected chi connectivity index (χ1v) is 12.2. The van der Waals surface area contributed by atoms with E-state index in [9.17, 15) is 14.4 Å². The molecule has 0 saturated heterocycles. The smallest absolute Gasteiger partial charge is 0.419 e. The Morgan fingerprint density at radius 1 is 0.889 bits per heavy atom. The van der Waals surface area contributed by atoms with Crippen molar-refractivity contribution in [2.45, 2.75) is 59.2 Å². The van der Waals surface area contributed by atoms with E-state index < -0.39 is 23.4 Å². The molecule has 8 nitrogen and oxygen atoms in total. The van der Waals surface area contributed by atoms with Gasteiger partial charge in [-0.25, -0.2) is 14.5 Å². The van der Waals surface area contributed by atoms with Gasteiger partial charge < -0.3 is 19.3 Å². The Morgan fingerprint density at radius 3 is 2.06 bits per heavy atom. The monoisotopic (exact) mass is 515 g/mol. The topological polar surface area (TPSA) is 79.4 Å². The average molecular weight is 516 g/mol. The lowest BCUT2D eigenvalue weighted by Gasteiger charge is -2.30. The molecule has 1 heterocycles. The maximum atomic E-state index is 13.2. The summed E-state index contributed by atoms with van der Waals surface area (Å²) in [5.74, 6) is -0.138. The Kier molecular flexibility index (Phi) is 7.88. The highest BCUT2D eigenvalue weighted by atomic mass is 35.5. The van der Waals surface area contributed by atoms with Gasteiger partial charge in [0.15, 0.2) is 0 Å². The Bertz CT molecular complexity index is 1120. The largest absolute Gasteiger partial charge is 0.443 e. The number of hydrogen-bond donors (Lipinski definition) is 0. The number of para-hydroxylation sites is 1. The molecule has 36 heavy (non-hydrogen) atoms. The van der Waals surface area contributed by atoms with Crippen LogP contribution in [0, 0.1) is 0 Å². The average Bonchev–Trinajstić information content (AvgIpc) is 2.83. The van der Waals surface area contributed by atoms with Crippen LogP contribution in [-0.4, -0.2) is 54.3 Å². The molecule has 3 amide bonds. The van der Waals surface area contributed by atoms with Crippen molar-refractivity contribution in [3.8, 4) is 0 Å². The van der Waals surface area contributed by atoms with Crippen LogP contribution >= 0.6 is 11.6 Å². The first kappa shape index (κ1) is 27.3. The van der Waals surface area contributed by atoms with Gasteiger partial charge in [0.1, 0.15) is 11.2 Å². The van der Waals surface area contributed by atoms with Gasteiger partial charge >= 0.3 is 12.2 Å². The van der Waals surface area contributed by atoms with E-state index in [-0.39, 0.29) is 12.5 Å². The van der Waals surface area contributed by atoms with E-state index in [0.29, 0.717) is 29.2 Å². The minimum Gasteiger partial charge on any atom is -0.443 e. The Morgan fingerprint density at radius 2 is 1.47 bits per heavy atom. The van der Waals surface area contributed by atoms with E-state index in [2.05, 4.69) is 0 Å². The third-order valence-corrected chi connectivity index (χ3v) is 5.55. The molecule has 1 aliphatic heterocycles. The molecular formula is C27H34ClN3O5. The lowest BCUT2D eigenvalue weighted by atomic mass is 10.1. The number of carbonyl (C=O) groups excluding carboxylic acids is 3. The minimum absolute atomic E-state index is 0.0577. The number of anilines is 3. The highest BCUT2D eigenvalue weighted by Crippen LogP contribution is 2.41. The SMILES string of the molecule is CN1C(=O)c2ccccc2N(CCCN(C(=O)OC(C)(C)C)C(=O)OC(C)(C)C)c2cc(Cl)ccc21. The number of amides is 3. The predicted molar refractivity (Wildman–Crippen MR) is 141 cm³/mol. The number of carbonyl (C=O) groups is 3. The lowest BCUT2D eigenvalue weighted by Crippen LogP contribution is -2.44. The molecule has 9 heteroatoms. The van der Waals surface area contributed by atoms with Crippen molar-refractivity contribution in [2.24, 2.45) is 0 Å². The van der Waals surface area contributed by atoms with E-state index in [1.54, 1.807) is 65.6 Å². The van der Waals surface area contributed by atoms with Gasteiger partial charge in [-0.05, 0) is 78.3 Å². The fourth-order valence-corrected chi connectivity index (χ4v) is 3.99. The number of imide groups is 1. The van der Waals surface area contributed by atoms with Crippen LogP contribution in [0.1, 0.15) is 58.3 Å². The maximum absolute atomic E-state index is 13.2. The molecule has 0 radical (unpaired) electrons. The molecule has 0 N–H and O–H groups in total. The highest BCUT2D eigenvalue weighted by molar-refractivity contribution is 6.31. The van der Waals surface area contributed by atoms with Gasteiger partial charge in [0.05, 0.1) is 22.6 Å². The number of nitrogens with zero attached hydrogens (tertiary/aromatic N) is 3. The number of ether oxygens (including phenoxy) is 2. The summed E-state index contributed by atoms with van der Waals surface area (Å²) < 4.78 is 10.9. The minimum atomic E-state index is -0.776. The molecule has 0 fully saturated rings. The van der Waals surface area contributed by atoms with Crippen LogP contribution in [0.4, 0.5) is 26.7 Å². The van der Waals surface area contributed by atoms with Gasteiger partial charge in [-0.15, -0.1) is 0 Å². The fourth-order valence-electron chi connectivity index (χ4n) is 3.83. The van der Waals surface area contributed by atoms with E-state index in [1.165, 1.54) is 0 Å². The van der Waals surface area contributed by atoms with Gasteiger partial charge in [-0.1, -0.05) is 23.7 Å². The van der Waals surface area contributed by atoms with Gasteiger partial charge in [0.2, 0.25) is 0 Å². The third kappa shape index (κ3) is 6.49. The lowest BCUT2D eigenvalue weighted by molar-refractivity contribution is 0.00139. The van der Waals surface area contributed by atoms with Crippen LogP contribution in [-0.2, 0) is 9.47 Å². The number of fused-ring (bicyclic) bond motifs is 2. The van der Waals surface area contributed by atoms with Gasteiger partial charge in [0.25, 0.3) is 5.91 Å². The van der Waals surface area contributed by atoms with Crippen molar-refractivity contribution < 1.29 is 23.9 Å². The standard InChI is InChI=1S/C27H34ClN3O5/c1-26(2,3)35-24(33)31(25(34)36-27(4,5)6)16-10-15-30-20-12-9-8-11-19(20)23(32)29(7)21-14-13-18(28)17-22(21)30/h8-9,11-14,17H,10,15-16H2,1-7H3. The van der Waals surface area contributed by atoms with Crippen LogP contribution < -0.4 is 9.80 Å². The first-order chi connectivity index (χ1) is 16.7. The van der Waals surface area contributed by atoms with Gasteiger partial charge in [0, 0.05) is 25.2 Å². The zero-order valence-corrected chi connectivity index (χ0v) is 22.7. The van der Waals surface area contributed by atoms with Crippen LogP contribution in [0.5, 0.6) is 0 Å². The molecule has 0 aromatic heterocycles. The van der Waals surface area contributed by atoms with Gasteiger partial charge in [-0.3, -0.25) is 4.79 Å². The third-order valence-electron chi connectivity index (χ3n) is 5.31. The second kappa shape index (κ2) is 10.4. The van der Waals surface area contributed by atoms with Crippen molar-refractivity contribution in [1.82, 2.24) is 4.90 Å². The van der Waals surface area contributed by atoms with E-state index in [1.807, 2.05) is 35.2 Å². The predicted octanol–water partition coefficient (Wildman–Crippen LogP) is 6.63. The summed E-state index contributed by atoms with van der Waals surface area (Å²) in [5, 5.41) is 0.531. The van der Waals surface area contributed by atoms with Crippen LogP contribution in [0.25, 0.3) is 0 Å². The van der Waals surface area contributed by atoms with E-state index >= 15 is 0 Å². The highest BCUT2D eigenvalue weighted by Gasteiger charge is 2.32. The van der Waals surface area contributed by atoms with E-state index in [4.69, 9.17) is 21.1 Å². The van der Waals surface area contributed by atoms with Crippen molar-refractivity contribution >= 4 is 46.8 Å². The fraction of sp³-hybridized carbons (Fsp3) is 0.444. The zero-order chi connectivity index (χ0) is 26.8. The second-order valence-corrected chi connectivity index (χ2v) is 11.1. The number of hydrogen-bond acceptors (Lipinski definition) is 6. The molecule has 0 unspecified atom stereocenters. The Hall–Kier alpha value is -3.26. The number of halogens is 1. The number of benzene rings is 2. The summed E-state index contributed by atoms with van der Waals surface area (Å²) in [4.78, 5) is 43.5. The van der Waals surface area contributed by atoms with Crippen molar-refractivity contribution in [1.29, 1.82) is 0 Å². The molecule has 0 saturated carbocycles. The Labute approximate surface area is 217 Å². The molecule has 0 aliphatic carbocycles. The second-order valence-electron chi connectivity index (χ2n) is 10.6. The molecule has 1 aliphatic rings. The molecule has 0 atom stereocenters. The first-order valence-electron chi connectivity index (χ1n) is 11.9. The van der Waals surface area contributed by atoms with Crippen molar-refractivity contribution in [3.05, 3.63) is 53.1 Å². The summed E-state index contributed by atoms with van der Waals surface area (Å²) in [6.07, 6.45) is -1.16. The van der Waals surface area contributed by atoms with Crippen LogP contribution in [0.2, 0.25) is 5.02 Å². The van der Waals surface area contributed by atoms with Crippen LogP contribution in [0.15, 0.2) is 42.5 Å². The molecule has 2 aromatic rings. The molecule has 194 valence electrons. The quantitative estimate of drug-likeness (QED) is 0.454. The van der Waals surface area contributed by atoms with Crippen LogP contribution in [0.3, 0.4) is 0 Å². The maximum Gasteiger partial charge on any atom is 0.419 e. The van der Waals surface area contributed by atoms with Crippen molar-refractivity contribution in [3.63, 3.8) is 0 Å². The normalized spacial score (nSPS) is 13.5. The molecule has 0 bridgehead atoms. The number of rotatable bonds is 4. The molecule has 0 spiro atoms. The summed E-state index contributed by atoms with van der Waals surface area (Å²) in [7, 11) is 1.72.